The van der Waals surface area contributed by atoms with Gasteiger partial charge < -0.3 is 32.9 Å². The number of nitrogens with zero attached hydrogens (tertiary/aromatic N) is 2. The Hall–Kier alpha value is -2.57. The van der Waals surface area contributed by atoms with Crippen LogP contribution >= 0.6 is 15.2 Å². The number of hydrogen-bond donors (Lipinski definition) is 0. The van der Waals surface area contributed by atoms with Gasteiger partial charge in [-0.05, 0) is 69.7 Å². The SMILES string of the molecule is CCN1/C(=C/C=C/C=C/C2=[N+](CC)c3ccc(P(=O)([O-])OC)cc3C2(C)C)C(C)(C)c2cc(P(=O)([O-])OC)ccc21. The van der Waals surface area contributed by atoms with E-state index < -0.39 is 26.0 Å². The summed E-state index contributed by atoms with van der Waals surface area (Å²) in [5.74, 6) is 0. The molecule has 8 nitrogen and oxygen atoms in total. The molecule has 2 aromatic carbocycles. The first-order chi connectivity index (χ1) is 19.2. The minimum atomic E-state index is -4.11. The van der Waals surface area contributed by atoms with E-state index in [1.54, 1.807) is 24.3 Å². The largest absolute Gasteiger partial charge is 0.775 e. The van der Waals surface area contributed by atoms with E-state index in [4.69, 9.17) is 9.05 Å². The summed E-state index contributed by atoms with van der Waals surface area (Å²) in [5, 5.41) is 0.348. The molecule has 2 atom stereocenters. The summed E-state index contributed by atoms with van der Waals surface area (Å²) < 4.78 is 36.4. The van der Waals surface area contributed by atoms with Gasteiger partial charge in [-0.3, -0.25) is 0 Å². The van der Waals surface area contributed by atoms with Crippen molar-refractivity contribution in [2.45, 2.75) is 52.4 Å². The number of fused-ring (bicyclic) bond motifs is 2. The molecule has 0 radical (unpaired) electrons. The average molecular weight is 598 g/mol. The lowest BCUT2D eigenvalue weighted by atomic mass is 9.81. The third kappa shape index (κ3) is 5.38. The van der Waals surface area contributed by atoms with Crippen LogP contribution in [0.2, 0.25) is 0 Å². The molecule has 2 unspecified atom stereocenters. The van der Waals surface area contributed by atoms with Crippen molar-refractivity contribution in [2.75, 3.05) is 32.2 Å². The van der Waals surface area contributed by atoms with Crippen LogP contribution < -0.4 is 25.3 Å². The second-order valence-electron chi connectivity index (χ2n) is 11.2. The summed E-state index contributed by atoms with van der Waals surface area (Å²) in [7, 11) is -5.86. The minimum Gasteiger partial charge on any atom is -0.775 e. The summed E-state index contributed by atoms with van der Waals surface area (Å²) in [6.45, 7) is 14.0. The fourth-order valence-corrected chi connectivity index (χ4v) is 7.43. The molecule has 0 saturated heterocycles. The second-order valence-corrected chi connectivity index (χ2v) is 14.9. The van der Waals surface area contributed by atoms with Gasteiger partial charge in [0.2, 0.25) is 5.69 Å². The van der Waals surface area contributed by atoms with Gasteiger partial charge in [-0.15, -0.1) is 0 Å². The second kappa shape index (κ2) is 11.3. The van der Waals surface area contributed by atoms with Crippen molar-refractivity contribution < 1.29 is 32.5 Å². The number of rotatable bonds is 9. The molecule has 0 aromatic heterocycles. The molecule has 220 valence electrons. The Bertz CT molecular complexity index is 1580. The van der Waals surface area contributed by atoms with Crippen molar-refractivity contribution in [2.24, 2.45) is 0 Å². The Labute approximate surface area is 243 Å². The molecular formula is C31H39N2O6P2-. The van der Waals surface area contributed by atoms with Gasteiger partial charge in [0.25, 0.3) is 0 Å². The van der Waals surface area contributed by atoms with Gasteiger partial charge in [0.15, 0.2) is 20.9 Å². The third-order valence-corrected chi connectivity index (χ3v) is 11.0. The van der Waals surface area contributed by atoms with Crippen LogP contribution in [-0.4, -0.2) is 37.6 Å². The van der Waals surface area contributed by atoms with Gasteiger partial charge in [-0.2, -0.15) is 4.58 Å². The van der Waals surface area contributed by atoms with E-state index in [-0.39, 0.29) is 10.6 Å². The maximum absolute atomic E-state index is 12.4. The average Bonchev–Trinajstić information content (AvgIpc) is 3.30. The molecular weight excluding hydrogens is 558 g/mol. The van der Waals surface area contributed by atoms with Crippen LogP contribution in [0.25, 0.3) is 0 Å². The summed E-state index contributed by atoms with van der Waals surface area (Å²) >= 11 is 0. The highest BCUT2D eigenvalue weighted by Gasteiger charge is 2.44. The molecule has 2 aromatic rings. The molecule has 41 heavy (non-hydrogen) atoms. The molecule has 2 aliphatic heterocycles. The Morgan fingerprint density at radius 2 is 1.44 bits per heavy atom. The minimum absolute atomic E-state index is 0.174. The molecule has 4 rings (SSSR count). The van der Waals surface area contributed by atoms with Crippen molar-refractivity contribution in [3.05, 3.63) is 83.6 Å². The van der Waals surface area contributed by atoms with Gasteiger partial charge in [0.1, 0.15) is 6.54 Å². The molecule has 0 aliphatic carbocycles. The van der Waals surface area contributed by atoms with Crippen molar-refractivity contribution in [1.82, 2.24) is 0 Å². The van der Waals surface area contributed by atoms with Gasteiger partial charge in [-0.25, -0.2) is 0 Å². The number of anilines is 1. The van der Waals surface area contributed by atoms with Crippen LogP contribution in [0.5, 0.6) is 0 Å². The van der Waals surface area contributed by atoms with E-state index in [2.05, 4.69) is 63.2 Å². The molecule has 0 bridgehead atoms. The van der Waals surface area contributed by atoms with Gasteiger partial charge in [0, 0.05) is 65.9 Å². The van der Waals surface area contributed by atoms with Gasteiger partial charge >= 0.3 is 0 Å². The summed E-state index contributed by atoms with van der Waals surface area (Å²) in [6.07, 6.45) is 10.1. The topological polar surface area (TPSA) is 105 Å². The van der Waals surface area contributed by atoms with Gasteiger partial charge in [0.05, 0.1) is 5.41 Å². The van der Waals surface area contributed by atoms with E-state index in [9.17, 15) is 18.9 Å². The Morgan fingerprint density at radius 3 is 2.00 bits per heavy atom. The molecule has 0 amide bonds. The van der Waals surface area contributed by atoms with E-state index in [1.807, 2.05) is 30.4 Å². The third-order valence-electron chi connectivity index (χ3n) is 8.23. The molecule has 0 N–H and O–H groups in total. The number of benzene rings is 2. The molecule has 2 aliphatic rings. The quantitative estimate of drug-likeness (QED) is 0.237. The van der Waals surface area contributed by atoms with Crippen LogP contribution in [0.15, 0.2) is 72.5 Å². The maximum atomic E-state index is 12.4. The summed E-state index contributed by atoms with van der Waals surface area (Å²) in [5.41, 5.74) is 5.17. The Morgan fingerprint density at radius 1 is 0.854 bits per heavy atom. The van der Waals surface area contributed by atoms with Crippen LogP contribution in [0.3, 0.4) is 0 Å². The van der Waals surface area contributed by atoms with Crippen molar-refractivity contribution in [1.29, 1.82) is 0 Å². The smallest absolute Gasteiger partial charge is 0.209 e. The van der Waals surface area contributed by atoms with Crippen LogP contribution in [0.1, 0.15) is 52.7 Å². The monoisotopic (exact) mass is 597 g/mol. The predicted molar refractivity (Wildman–Crippen MR) is 162 cm³/mol. The van der Waals surface area contributed by atoms with E-state index in [0.29, 0.717) is 0 Å². The lowest BCUT2D eigenvalue weighted by Gasteiger charge is -2.26. The van der Waals surface area contributed by atoms with E-state index in [1.165, 1.54) is 14.2 Å². The first-order valence-electron chi connectivity index (χ1n) is 13.7. The molecule has 0 spiro atoms. The molecule has 0 fully saturated rings. The first-order valence-corrected chi connectivity index (χ1v) is 16.8. The number of allylic oxidation sites excluding steroid dienone is 6. The summed E-state index contributed by atoms with van der Waals surface area (Å²) in [4.78, 5) is 26.9. The molecule has 10 heteroatoms. The standard InChI is InChI=1S/C31H40N2O6P2/c1-9-32-26-18-16-22(40(34,35)38-7)20-24(26)30(3,4)28(32)14-12-11-13-15-29-31(5,6)25-21-23(41(36,37)39-8)17-19-27(25)33(29)10-2/h11-21H,9-10H2,1-8H3,(H-,34,35,36,37)/p-1. The van der Waals surface area contributed by atoms with E-state index >= 15 is 0 Å². The number of likely N-dealkylation sites (N-methyl/N-ethyl adjacent to an activating group) is 1. The lowest BCUT2D eigenvalue weighted by molar-refractivity contribution is -0.433. The van der Waals surface area contributed by atoms with Crippen molar-refractivity contribution in [3.8, 4) is 0 Å². The van der Waals surface area contributed by atoms with Crippen molar-refractivity contribution in [3.63, 3.8) is 0 Å². The fraction of sp³-hybridized carbons (Fsp3) is 0.387. The lowest BCUT2D eigenvalue weighted by Crippen LogP contribution is -2.28. The first kappa shape index (κ1) is 31.4. The van der Waals surface area contributed by atoms with Crippen LogP contribution in [0.4, 0.5) is 11.4 Å². The maximum Gasteiger partial charge on any atom is 0.209 e. The molecule has 2 heterocycles. The zero-order valence-corrected chi connectivity index (χ0v) is 26.8. The zero-order chi connectivity index (χ0) is 30.4. The normalized spacial score (nSPS) is 21.5. The van der Waals surface area contributed by atoms with Gasteiger partial charge in [-0.1, -0.05) is 32.1 Å². The Balaban J connectivity index is 1.63. The Kier molecular flexibility index (Phi) is 8.61. The van der Waals surface area contributed by atoms with Crippen molar-refractivity contribution >= 4 is 42.9 Å². The predicted octanol–water partition coefficient (Wildman–Crippen LogP) is 4.55. The highest BCUT2D eigenvalue weighted by atomic mass is 31.2. The number of hydrogen-bond acceptors (Lipinski definition) is 7. The van der Waals surface area contributed by atoms with Crippen LogP contribution in [0, 0.1) is 0 Å². The highest BCUT2D eigenvalue weighted by Crippen LogP contribution is 2.49. The zero-order valence-electron chi connectivity index (χ0n) is 25.0. The fourth-order valence-electron chi connectivity index (χ4n) is 5.92. The van der Waals surface area contributed by atoms with Crippen LogP contribution in [-0.2, 0) is 29.0 Å². The highest BCUT2D eigenvalue weighted by molar-refractivity contribution is 7.60. The molecule has 0 saturated carbocycles. The van der Waals surface area contributed by atoms with E-state index in [0.717, 1.165) is 47.0 Å². The summed E-state index contributed by atoms with van der Waals surface area (Å²) in [6, 6.07) is 10.3.